The third-order valence-electron chi connectivity index (χ3n) is 2.74. The highest BCUT2D eigenvalue weighted by Crippen LogP contribution is 2.26. The van der Waals surface area contributed by atoms with E-state index in [2.05, 4.69) is 5.32 Å². The van der Waals surface area contributed by atoms with E-state index in [0.29, 0.717) is 16.4 Å². The molecule has 0 spiro atoms. The van der Waals surface area contributed by atoms with Crippen LogP contribution in [0.25, 0.3) is 0 Å². The highest BCUT2D eigenvalue weighted by Gasteiger charge is 2.36. The molecule has 4 nitrogen and oxygen atoms in total. The molecule has 1 aromatic carbocycles. The Morgan fingerprint density at radius 3 is 2.38 bits per heavy atom. The zero-order valence-electron chi connectivity index (χ0n) is 11.5. The van der Waals surface area contributed by atoms with Crippen molar-refractivity contribution < 1.29 is 21.6 Å². The summed E-state index contributed by atoms with van der Waals surface area (Å²) in [5.74, 6) is 0. The number of hydrogen-bond donors (Lipinski definition) is 1. The number of halogens is 4. The van der Waals surface area contributed by atoms with Crippen LogP contribution in [-0.2, 0) is 16.6 Å². The van der Waals surface area contributed by atoms with Gasteiger partial charge in [0.1, 0.15) is 6.54 Å². The smallest absolute Gasteiger partial charge is 0.316 e. The van der Waals surface area contributed by atoms with Crippen LogP contribution in [0.3, 0.4) is 0 Å². The Hall–Kier alpha value is -0.830. The van der Waals surface area contributed by atoms with Gasteiger partial charge < -0.3 is 5.32 Å². The fourth-order valence-electron chi connectivity index (χ4n) is 1.74. The second-order valence-corrected chi connectivity index (χ2v) is 6.68. The molecule has 0 aliphatic carbocycles. The minimum atomic E-state index is -4.60. The predicted molar refractivity (Wildman–Crippen MR) is 74.7 cm³/mol. The van der Waals surface area contributed by atoms with Crippen LogP contribution in [0.1, 0.15) is 12.5 Å². The van der Waals surface area contributed by atoms with E-state index in [4.69, 9.17) is 11.6 Å². The minimum Gasteiger partial charge on any atom is -0.316 e. The Bertz CT molecular complexity index is 591. The molecule has 0 radical (unpaired) electrons. The molecule has 0 bridgehead atoms. The molecule has 0 saturated heterocycles. The lowest BCUT2D eigenvalue weighted by molar-refractivity contribution is -0.135. The van der Waals surface area contributed by atoms with Gasteiger partial charge in [-0.3, -0.25) is 0 Å². The molecule has 120 valence electrons. The highest BCUT2D eigenvalue weighted by atomic mass is 35.5. The first-order chi connectivity index (χ1) is 9.61. The average Bonchev–Trinajstić information content (AvgIpc) is 2.37. The van der Waals surface area contributed by atoms with Gasteiger partial charge in [-0.1, -0.05) is 24.6 Å². The summed E-state index contributed by atoms with van der Waals surface area (Å²) in [6.07, 6.45) is -4.60. The Morgan fingerprint density at radius 1 is 1.33 bits per heavy atom. The molecule has 21 heavy (non-hydrogen) atoms. The fourth-order valence-corrected chi connectivity index (χ4v) is 3.51. The number of nitrogens with zero attached hydrogens (tertiary/aromatic N) is 1. The quantitative estimate of drug-likeness (QED) is 0.863. The van der Waals surface area contributed by atoms with Crippen molar-refractivity contribution in [2.45, 2.75) is 24.5 Å². The van der Waals surface area contributed by atoms with Crippen molar-refractivity contribution in [3.63, 3.8) is 0 Å². The number of alkyl halides is 3. The van der Waals surface area contributed by atoms with E-state index in [9.17, 15) is 21.6 Å². The molecule has 0 aliphatic rings. The van der Waals surface area contributed by atoms with E-state index in [0.717, 1.165) is 0 Å². The predicted octanol–water partition coefficient (Wildman–Crippen LogP) is 2.63. The van der Waals surface area contributed by atoms with Crippen LogP contribution >= 0.6 is 11.6 Å². The summed E-state index contributed by atoms with van der Waals surface area (Å²) in [5, 5.41) is 3.04. The van der Waals surface area contributed by atoms with Crippen molar-refractivity contribution in [3.05, 3.63) is 28.8 Å². The second-order valence-electron chi connectivity index (χ2n) is 4.33. The zero-order chi connectivity index (χ0) is 16.3. The molecule has 0 heterocycles. The highest BCUT2D eigenvalue weighted by molar-refractivity contribution is 7.89. The first-order valence-corrected chi connectivity index (χ1v) is 7.93. The van der Waals surface area contributed by atoms with Gasteiger partial charge in [0, 0.05) is 18.1 Å². The lowest BCUT2D eigenvalue weighted by Gasteiger charge is -2.22. The van der Waals surface area contributed by atoms with Crippen molar-refractivity contribution in [1.29, 1.82) is 0 Å². The van der Waals surface area contributed by atoms with Crippen molar-refractivity contribution in [2.75, 3.05) is 20.1 Å². The van der Waals surface area contributed by atoms with Crippen LogP contribution < -0.4 is 5.32 Å². The number of hydrogen-bond acceptors (Lipinski definition) is 3. The largest absolute Gasteiger partial charge is 0.402 e. The van der Waals surface area contributed by atoms with Crippen molar-refractivity contribution in [3.8, 4) is 0 Å². The van der Waals surface area contributed by atoms with Gasteiger partial charge in [-0.2, -0.15) is 17.5 Å². The number of benzene rings is 1. The normalized spacial score (nSPS) is 12.9. The fraction of sp³-hybridized carbons (Fsp3) is 0.500. The molecule has 0 aliphatic heterocycles. The SMILES string of the molecule is CCN(CC(F)(F)F)S(=O)(=O)c1ccc(CNC)c(Cl)c1. The maximum Gasteiger partial charge on any atom is 0.402 e. The maximum atomic E-state index is 12.4. The van der Waals surface area contributed by atoms with Gasteiger partial charge in [0.2, 0.25) is 10.0 Å². The van der Waals surface area contributed by atoms with E-state index < -0.39 is 22.7 Å². The standard InChI is InChI=1S/C12H16ClF3N2O2S/c1-3-18(8-12(14,15)16)21(19,20)10-5-4-9(7-17-2)11(13)6-10/h4-6,17H,3,7-8H2,1-2H3. The molecule has 0 aromatic heterocycles. The van der Waals surface area contributed by atoms with Crippen molar-refractivity contribution in [2.24, 2.45) is 0 Å². The van der Waals surface area contributed by atoms with Crippen molar-refractivity contribution in [1.82, 2.24) is 9.62 Å². The summed E-state index contributed by atoms with van der Waals surface area (Å²) in [4.78, 5) is -0.251. The van der Waals surface area contributed by atoms with E-state index in [1.165, 1.54) is 25.1 Å². The van der Waals surface area contributed by atoms with Gasteiger partial charge in [0.15, 0.2) is 0 Å². The molecule has 1 N–H and O–H groups in total. The molecule has 0 fully saturated rings. The lowest BCUT2D eigenvalue weighted by atomic mass is 10.2. The summed E-state index contributed by atoms with van der Waals surface area (Å²) >= 11 is 5.95. The topological polar surface area (TPSA) is 49.4 Å². The van der Waals surface area contributed by atoms with E-state index >= 15 is 0 Å². The minimum absolute atomic E-state index is 0.188. The monoisotopic (exact) mass is 344 g/mol. The second kappa shape index (κ2) is 6.95. The van der Waals surface area contributed by atoms with Gasteiger partial charge in [-0.25, -0.2) is 8.42 Å². The van der Waals surface area contributed by atoms with Gasteiger partial charge in [-0.05, 0) is 24.7 Å². The Morgan fingerprint density at radius 2 is 1.95 bits per heavy atom. The first-order valence-electron chi connectivity index (χ1n) is 6.11. The molecular formula is C12H16ClF3N2O2S. The summed E-state index contributed by atoms with van der Waals surface area (Å²) in [6, 6.07) is 3.91. The first kappa shape index (κ1) is 18.2. The average molecular weight is 345 g/mol. The molecule has 0 atom stereocenters. The van der Waals surface area contributed by atoms with Crippen LogP contribution in [-0.4, -0.2) is 39.0 Å². The molecule has 1 rings (SSSR count). The van der Waals surface area contributed by atoms with Gasteiger partial charge >= 0.3 is 6.18 Å². The van der Waals surface area contributed by atoms with Gasteiger partial charge in [0.25, 0.3) is 0 Å². The summed E-state index contributed by atoms with van der Waals surface area (Å²) in [5.41, 5.74) is 0.664. The van der Waals surface area contributed by atoms with Crippen LogP contribution in [0, 0.1) is 0 Å². The van der Waals surface area contributed by atoms with E-state index in [1.807, 2.05) is 0 Å². The third-order valence-corrected chi connectivity index (χ3v) is 5.01. The summed E-state index contributed by atoms with van der Waals surface area (Å²) in [7, 11) is -2.53. The molecule has 0 amide bonds. The molecule has 0 saturated carbocycles. The van der Waals surface area contributed by atoms with Crippen LogP contribution in [0.5, 0.6) is 0 Å². The van der Waals surface area contributed by atoms with Crippen LogP contribution in [0.4, 0.5) is 13.2 Å². The third kappa shape index (κ3) is 4.84. The lowest BCUT2D eigenvalue weighted by Crippen LogP contribution is -2.38. The van der Waals surface area contributed by atoms with E-state index in [-0.39, 0.29) is 16.5 Å². The Labute approximate surface area is 126 Å². The Kier molecular flexibility index (Phi) is 6.03. The summed E-state index contributed by atoms with van der Waals surface area (Å²) in [6.45, 7) is -0.0288. The number of sulfonamides is 1. The molecule has 9 heteroatoms. The van der Waals surface area contributed by atoms with Crippen LogP contribution in [0.2, 0.25) is 5.02 Å². The maximum absolute atomic E-state index is 12.4. The molecule has 0 unspecified atom stereocenters. The molecule has 1 aromatic rings. The Balaban J connectivity index is 3.14. The molecular weight excluding hydrogens is 329 g/mol. The van der Waals surface area contributed by atoms with E-state index in [1.54, 1.807) is 7.05 Å². The van der Waals surface area contributed by atoms with Crippen LogP contribution in [0.15, 0.2) is 23.1 Å². The van der Waals surface area contributed by atoms with Gasteiger partial charge in [0.05, 0.1) is 4.90 Å². The van der Waals surface area contributed by atoms with Crippen molar-refractivity contribution >= 4 is 21.6 Å². The number of rotatable bonds is 6. The summed E-state index contributed by atoms with van der Waals surface area (Å²) < 4.78 is 62.1. The number of nitrogens with one attached hydrogen (secondary N) is 1. The van der Waals surface area contributed by atoms with Gasteiger partial charge in [-0.15, -0.1) is 0 Å². The zero-order valence-corrected chi connectivity index (χ0v) is 13.1.